The topological polar surface area (TPSA) is 124 Å². The smallest absolute Gasteiger partial charge is 0.319 e. The van der Waals surface area contributed by atoms with Gasteiger partial charge in [-0.25, -0.2) is 9.18 Å². The molecule has 10 nitrogen and oxygen atoms in total. The quantitative estimate of drug-likeness (QED) is 0.448. The number of nitrogens with zero attached hydrogens (tertiary/aromatic N) is 2. The fourth-order valence-corrected chi connectivity index (χ4v) is 4.40. The second kappa shape index (κ2) is 11.5. The summed E-state index contributed by atoms with van der Waals surface area (Å²) in [4.78, 5) is 28.8. The fourth-order valence-electron chi connectivity index (χ4n) is 4.40. The van der Waals surface area contributed by atoms with E-state index in [1.165, 1.54) is 19.2 Å². The number of rotatable bonds is 7. The maximum Gasteiger partial charge on any atom is 0.319 e. The van der Waals surface area contributed by atoms with E-state index in [2.05, 4.69) is 15.5 Å². The minimum atomic E-state index is -1.25. The summed E-state index contributed by atoms with van der Waals surface area (Å²) in [6.45, 7) is 2.12. The van der Waals surface area contributed by atoms with E-state index in [0.717, 1.165) is 5.69 Å². The predicted molar refractivity (Wildman–Crippen MR) is 131 cm³/mol. The monoisotopic (exact) mass is 502 g/mol. The average molecular weight is 503 g/mol. The van der Waals surface area contributed by atoms with E-state index in [-0.39, 0.29) is 24.7 Å². The van der Waals surface area contributed by atoms with Crippen molar-refractivity contribution in [1.29, 1.82) is 0 Å². The number of carbonyl (C=O) groups excluding carboxylic acids is 2. The van der Waals surface area contributed by atoms with Crippen LogP contribution in [0.1, 0.15) is 6.42 Å². The summed E-state index contributed by atoms with van der Waals surface area (Å²) in [5.74, 6) is 0.111. The lowest BCUT2D eigenvalue weighted by Gasteiger charge is -2.36. The Morgan fingerprint density at radius 2 is 1.75 bits per heavy atom. The Morgan fingerprint density at radius 1 is 1.06 bits per heavy atom. The number of halogens is 1. The van der Waals surface area contributed by atoms with Gasteiger partial charge in [0.05, 0.1) is 19.6 Å². The molecule has 0 radical (unpaired) electrons. The molecular formula is C25H31FN4O6. The number of ether oxygens (including phenoxy) is 2. The van der Waals surface area contributed by atoms with Crippen molar-refractivity contribution in [3.8, 4) is 5.75 Å². The predicted octanol–water partition coefficient (Wildman–Crippen LogP) is 1.18. The van der Waals surface area contributed by atoms with Crippen molar-refractivity contribution < 1.29 is 33.7 Å². The van der Waals surface area contributed by atoms with Gasteiger partial charge in [0.25, 0.3) is 0 Å². The molecule has 0 saturated carbocycles. The van der Waals surface area contributed by atoms with Crippen molar-refractivity contribution >= 4 is 23.3 Å². The number of benzene rings is 2. The highest BCUT2D eigenvalue weighted by molar-refractivity contribution is 5.89. The molecule has 0 aliphatic carbocycles. The van der Waals surface area contributed by atoms with Crippen LogP contribution in [0.4, 0.5) is 20.6 Å². The van der Waals surface area contributed by atoms with Crippen molar-refractivity contribution in [2.24, 2.45) is 0 Å². The third kappa shape index (κ3) is 6.23. The summed E-state index contributed by atoms with van der Waals surface area (Å²) in [6, 6.07) is 12.6. The number of aliphatic hydroxyl groups excluding tert-OH is 2. The Balaban J connectivity index is 1.22. The molecule has 3 amide bonds. The molecule has 2 fully saturated rings. The molecule has 0 bridgehead atoms. The Labute approximate surface area is 208 Å². The fraction of sp³-hybridized carbons (Fsp3) is 0.440. The van der Waals surface area contributed by atoms with Gasteiger partial charge in [-0.1, -0.05) is 6.07 Å². The van der Waals surface area contributed by atoms with Crippen molar-refractivity contribution in [3.05, 3.63) is 54.3 Å². The van der Waals surface area contributed by atoms with Crippen LogP contribution < -0.4 is 20.3 Å². The van der Waals surface area contributed by atoms with E-state index >= 15 is 0 Å². The number of carbonyl (C=O) groups is 2. The summed E-state index contributed by atoms with van der Waals surface area (Å²) < 4.78 is 24.0. The molecule has 2 saturated heterocycles. The van der Waals surface area contributed by atoms with Crippen LogP contribution in [0.3, 0.4) is 0 Å². The van der Waals surface area contributed by atoms with Gasteiger partial charge in [-0.3, -0.25) is 4.79 Å². The maximum absolute atomic E-state index is 13.2. The van der Waals surface area contributed by atoms with Crippen molar-refractivity contribution in [3.63, 3.8) is 0 Å². The first kappa shape index (κ1) is 25.7. The summed E-state index contributed by atoms with van der Waals surface area (Å²) in [7, 11) is 1.53. The second-order valence-corrected chi connectivity index (χ2v) is 8.81. The molecule has 2 aromatic rings. The van der Waals surface area contributed by atoms with Crippen LogP contribution >= 0.6 is 0 Å². The average Bonchev–Trinajstić information content (AvgIpc) is 3.16. The van der Waals surface area contributed by atoms with E-state index in [1.807, 2.05) is 0 Å². The van der Waals surface area contributed by atoms with Crippen LogP contribution in [0.2, 0.25) is 0 Å². The Hall–Kier alpha value is -3.41. The lowest BCUT2D eigenvalue weighted by atomic mass is 10.0. The highest BCUT2D eigenvalue weighted by Gasteiger charge is 2.44. The van der Waals surface area contributed by atoms with Crippen LogP contribution in [-0.2, 0) is 9.53 Å². The van der Waals surface area contributed by atoms with E-state index in [1.54, 1.807) is 41.3 Å². The van der Waals surface area contributed by atoms with Crippen molar-refractivity contribution in [1.82, 2.24) is 10.2 Å². The summed E-state index contributed by atoms with van der Waals surface area (Å²) >= 11 is 0. The largest absolute Gasteiger partial charge is 0.497 e. The standard InChI is InChI=1S/C25H31FN4O6/c1-35-19-4-2-3-17(13-19)28-25(34)27-15-21-24(33)23(32)20(36-21)14-22(31)30-11-9-29(10-12-30)18-7-5-16(26)6-8-18/h2-8,13,20-21,23-24,32-33H,9-12,14-15H2,1H3,(H2,27,28,34). The Kier molecular flexibility index (Phi) is 8.24. The molecule has 36 heavy (non-hydrogen) atoms. The number of urea groups is 1. The first-order valence-electron chi connectivity index (χ1n) is 11.8. The van der Waals surface area contributed by atoms with Gasteiger partial charge in [0.15, 0.2) is 0 Å². The van der Waals surface area contributed by atoms with Crippen LogP contribution in [0.5, 0.6) is 5.75 Å². The summed E-state index contributed by atoms with van der Waals surface area (Å²) in [5, 5.41) is 26.1. The molecule has 0 spiro atoms. The zero-order chi connectivity index (χ0) is 25.7. The van der Waals surface area contributed by atoms with E-state index in [0.29, 0.717) is 37.6 Å². The molecule has 4 unspecified atom stereocenters. The zero-order valence-electron chi connectivity index (χ0n) is 20.0. The van der Waals surface area contributed by atoms with Gasteiger partial charge in [-0.15, -0.1) is 0 Å². The molecule has 4 N–H and O–H groups in total. The van der Waals surface area contributed by atoms with Gasteiger partial charge >= 0.3 is 6.03 Å². The number of anilines is 2. The number of hydrogen-bond donors (Lipinski definition) is 4. The first-order valence-corrected chi connectivity index (χ1v) is 11.8. The molecule has 4 rings (SSSR count). The molecule has 11 heteroatoms. The Morgan fingerprint density at radius 3 is 2.44 bits per heavy atom. The molecule has 2 aliphatic heterocycles. The lowest BCUT2D eigenvalue weighted by molar-refractivity contribution is -0.135. The van der Waals surface area contributed by atoms with Gasteiger partial charge in [-0.2, -0.15) is 0 Å². The van der Waals surface area contributed by atoms with Crippen LogP contribution in [0.15, 0.2) is 48.5 Å². The summed E-state index contributed by atoms with van der Waals surface area (Å²) in [6.07, 6.45) is -4.31. The maximum atomic E-state index is 13.2. The first-order chi connectivity index (χ1) is 17.3. The number of aliphatic hydroxyl groups is 2. The number of nitrogens with one attached hydrogen (secondary N) is 2. The van der Waals surface area contributed by atoms with Gasteiger partial charge in [0.2, 0.25) is 5.91 Å². The number of piperazine rings is 1. The highest BCUT2D eigenvalue weighted by Crippen LogP contribution is 2.25. The minimum Gasteiger partial charge on any atom is -0.497 e. The van der Waals surface area contributed by atoms with E-state index < -0.39 is 30.4 Å². The molecule has 4 atom stereocenters. The zero-order valence-corrected chi connectivity index (χ0v) is 20.0. The molecule has 0 aromatic heterocycles. The number of amides is 3. The normalized spacial score (nSPS) is 23.9. The number of methoxy groups -OCH3 is 1. The SMILES string of the molecule is COc1cccc(NC(=O)NCC2OC(CC(=O)N3CCN(c4ccc(F)cc4)CC3)C(O)C2O)c1. The molecule has 2 heterocycles. The Bertz CT molecular complexity index is 1050. The molecular weight excluding hydrogens is 471 g/mol. The number of hydrogen-bond acceptors (Lipinski definition) is 7. The minimum absolute atomic E-state index is 0.0466. The van der Waals surface area contributed by atoms with Crippen molar-refractivity contribution in [2.75, 3.05) is 50.1 Å². The second-order valence-electron chi connectivity index (χ2n) is 8.81. The van der Waals surface area contributed by atoms with E-state index in [4.69, 9.17) is 9.47 Å². The molecule has 194 valence electrons. The van der Waals surface area contributed by atoms with E-state index in [9.17, 15) is 24.2 Å². The van der Waals surface area contributed by atoms with Gasteiger partial charge in [0.1, 0.15) is 29.9 Å². The highest BCUT2D eigenvalue weighted by atomic mass is 19.1. The molecule has 2 aliphatic rings. The lowest BCUT2D eigenvalue weighted by Crippen LogP contribution is -2.49. The van der Waals surface area contributed by atoms with Gasteiger partial charge < -0.3 is 40.1 Å². The third-order valence-electron chi connectivity index (χ3n) is 6.45. The van der Waals surface area contributed by atoms with Crippen LogP contribution in [-0.4, -0.2) is 91.3 Å². The summed E-state index contributed by atoms with van der Waals surface area (Å²) in [5.41, 5.74) is 1.43. The van der Waals surface area contributed by atoms with Gasteiger partial charge in [0, 0.05) is 50.2 Å². The van der Waals surface area contributed by atoms with Crippen LogP contribution in [0, 0.1) is 5.82 Å². The molecule has 2 aromatic carbocycles. The van der Waals surface area contributed by atoms with Gasteiger partial charge in [-0.05, 0) is 36.4 Å². The van der Waals surface area contributed by atoms with Crippen molar-refractivity contribution in [2.45, 2.75) is 30.8 Å². The third-order valence-corrected chi connectivity index (χ3v) is 6.45. The van der Waals surface area contributed by atoms with Crippen LogP contribution in [0.25, 0.3) is 0 Å².